The summed E-state index contributed by atoms with van der Waals surface area (Å²) in [5, 5.41) is 27.7. The van der Waals surface area contributed by atoms with Gasteiger partial charge in [-0.1, -0.05) is 38.9 Å². The third-order valence-electron chi connectivity index (χ3n) is 4.20. The zero-order valence-corrected chi connectivity index (χ0v) is 10.8. The topological polar surface area (TPSA) is 71.4 Å². The molecule has 1 aliphatic rings. The number of nitriles is 3. The Labute approximate surface area is 104 Å². The molecule has 17 heavy (non-hydrogen) atoms. The van der Waals surface area contributed by atoms with Gasteiger partial charge in [-0.2, -0.15) is 15.8 Å². The summed E-state index contributed by atoms with van der Waals surface area (Å²) in [6, 6.07) is 5.92. The maximum Gasteiger partial charge on any atom is 0.231 e. The summed E-state index contributed by atoms with van der Waals surface area (Å²) in [4.78, 5) is 0. The lowest BCUT2D eigenvalue weighted by molar-refractivity contribution is 0.246. The zero-order valence-electron chi connectivity index (χ0n) is 10.8. The van der Waals surface area contributed by atoms with Crippen molar-refractivity contribution < 1.29 is 0 Å². The lowest BCUT2D eigenvalue weighted by Gasteiger charge is -2.29. The summed E-state index contributed by atoms with van der Waals surface area (Å²) in [6.07, 6.45) is 3.06. The predicted molar refractivity (Wildman–Crippen MR) is 67.2 cm³/mol. The van der Waals surface area contributed by atoms with E-state index >= 15 is 0 Å². The minimum atomic E-state index is -1.45. The smallest absolute Gasteiger partial charge is 0.195 e. The standard InChI is InChI=1S/C13H18BN3/c1-3-4-10-9(2)5-11(14)12(10)13(6-15,7-16)8-17/h9-12H,3-5,14H2,1-2H3. The monoisotopic (exact) mass is 227 g/mol. The molecule has 4 unspecified atom stereocenters. The first-order valence-corrected chi connectivity index (χ1v) is 6.30. The van der Waals surface area contributed by atoms with Crippen molar-refractivity contribution in [1.29, 1.82) is 15.8 Å². The predicted octanol–water partition coefficient (Wildman–Crippen LogP) is 2.04. The van der Waals surface area contributed by atoms with Crippen LogP contribution in [0.5, 0.6) is 0 Å². The van der Waals surface area contributed by atoms with Crippen molar-refractivity contribution in [1.82, 2.24) is 0 Å². The van der Waals surface area contributed by atoms with Gasteiger partial charge in [-0.15, -0.1) is 0 Å². The quantitative estimate of drug-likeness (QED) is 0.692. The van der Waals surface area contributed by atoms with Crippen molar-refractivity contribution in [2.45, 2.75) is 38.9 Å². The van der Waals surface area contributed by atoms with Crippen molar-refractivity contribution in [2.24, 2.45) is 23.2 Å². The first-order chi connectivity index (χ1) is 8.06. The van der Waals surface area contributed by atoms with Crippen molar-refractivity contribution >= 4 is 7.85 Å². The average Bonchev–Trinajstić information content (AvgIpc) is 2.60. The highest BCUT2D eigenvalue weighted by molar-refractivity contribution is 6.12. The molecule has 0 amide bonds. The SMILES string of the molecule is BC1CC(C)C(CCC)C1C(C#N)(C#N)C#N. The maximum atomic E-state index is 9.23. The van der Waals surface area contributed by atoms with Crippen LogP contribution in [0.4, 0.5) is 0 Å². The zero-order chi connectivity index (χ0) is 13.1. The van der Waals surface area contributed by atoms with E-state index in [9.17, 15) is 15.8 Å². The summed E-state index contributed by atoms with van der Waals surface area (Å²) >= 11 is 0. The highest BCUT2D eigenvalue weighted by Gasteiger charge is 2.52. The van der Waals surface area contributed by atoms with Gasteiger partial charge in [-0.25, -0.2) is 0 Å². The largest absolute Gasteiger partial charge is 0.231 e. The van der Waals surface area contributed by atoms with E-state index in [-0.39, 0.29) is 11.7 Å². The van der Waals surface area contributed by atoms with E-state index in [1.165, 1.54) is 0 Å². The molecule has 0 saturated heterocycles. The Morgan fingerprint density at radius 2 is 1.76 bits per heavy atom. The first-order valence-electron chi connectivity index (χ1n) is 6.30. The van der Waals surface area contributed by atoms with Crippen LogP contribution in [0.3, 0.4) is 0 Å². The molecule has 88 valence electrons. The summed E-state index contributed by atoms with van der Waals surface area (Å²) < 4.78 is 0. The summed E-state index contributed by atoms with van der Waals surface area (Å²) in [7, 11) is 2.07. The minimum absolute atomic E-state index is 0.0996. The summed E-state index contributed by atoms with van der Waals surface area (Å²) in [5.74, 6) is 1.01. The molecule has 0 aromatic rings. The van der Waals surface area contributed by atoms with E-state index in [1.807, 2.05) is 18.2 Å². The third kappa shape index (κ3) is 2.16. The molecule has 0 spiro atoms. The molecule has 0 radical (unpaired) electrons. The molecule has 1 fully saturated rings. The number of hydrogen-bond donors (Lipinski definition) is 0. The van der Waals surface area contributed by atoms with Gasteiger partial charge in [0.25, 0.3) is 0 Å². The van der Waals surface area contributed by atoms with Crippen molar-refractivity contribution in [3.8, 4) is 18.2 Å². The Morgan fingerprint density at radius 3 is 2.18 bits per heavy atom. The molecule has 0 heterocycles. The van der Waals surface area contributed by atoms with E-state index < -0.39 is 5.41 Å². The van der Waals surface area contributed by atoms with Gasteiger partial charge >= 0.3 is 0 Å². The van der Waals surface area contributed by atoms with E-state index in [1.54, 1.807) is 0 Å². The molecule has 3 nitrogen and oxygen atoms in total. The van der Waals surface area contributed by atoms with E-state index in [0.717, 1.165) is 19.3 Å². The van der Waals surface area contributed by atoms with Crippen LogP contribution in [-0.4, -0.2) is 7.85 Å². The van der Waals surface area contributed by atoms with Gasteiger partial charge in [0.15, 0.2) is 0 Å². The fourth-order valence-corrected chi connectivity index (χ4v) is 3.53. The van der Waals surface area contributed by atoms with E-state index in [2.05, 4.69) is 21.7 Å². The van der Waals surface area contributed by atoms with Gasteiger partial charge in [-0.05, 0) is 11.8 Å². The molecule has 1 aliphatic carbocycles. The molecule has 1 rings (SSSR count). The molecule has 4 atom stereocenters. The van der Waals surface area contributed by atoms with Crippen LogP contribution in [0.2, 0.25) is 5.82 Å². The maximum absolute atomic E-state index is 9.23. The van der Waals surface area contributed by atoms with Crippen LogP contribution in [0.25, 0.3) is 0 Å². The number of nitrogens with zero attached hydrogens (tertiary/aromatic N) is 3. The summed E-state index contributed by atoms with van der Waals surface area (Å²) in [5.41, 5.74) is -1.45. The van der Waals surface area contributed by atoms with E-state index in [0.29, 0.717) is 11.8 Å². The van der Waals surface area contributed by atoms with E-state index in [4.69, 9.17) is 0 Å². The second-order valence-corrected chi connectivity index (χ2v) is 5.31. The Kier molecular flexibility index (Phi) is 4.19. The third-order valence-corrected chi connectivity index (χ3v) is 4.20. The molecular formula is C13H18BN3. The fraction of sp³-hybridized carbons (Fsp3) is 0.769. The van der Waals surface area contributed by atoms with Gasteiger partial charge < -0.3 is 0 Å². The number of hydrogen-bond acceptors (Lipinski definition) is 3. The fourth-order valence-electron chi connectivity index (χ4n) is 3.53. The van der Waals surface area contributed by atoms with Gasteiger partial charge in [0.05, 0.1) is 0 Å². The first kappa shape index (κ1) is 13.6. The normalized spacial score (nSPS) is 32.4. The molecule has 0 bridgehead atoms. The Hall–Kier alpha value is -1.47. The average molecular weight is 227 g/mol. The lowest BCUT2D eigenvalue weighted by Crippen LogP contribution is -2.32. The van der Waals surface area contributed by atoms with Gasteiger partial charge in [-0.3, -0.25) is 0 Å². The van der Waals surface area contributed by atoms with Crippen molar-refractivity contribution in [3.63, 3.8) is 0 Å². The van der Waals surface area contributed by atoms with Gasteiger partial charge in [0.2, 0.25) is 5.41 Å². The number of rotatable bonds is 3. The Balaban J connectivity index is 3.14. The van der Waals surface area contributed by atoms with Crippen LogP contribution < -0.4 is 0 Å². The molecule has 0 aromatic carbocycles. The second kappa shape index (κ2) is 5.24. The second-order valence-electron chi connectivity index (χ2n) is 5.31. The van der Waals surface area contributed by atoms with Gasteiger partial charge in [0, 0.05) is 5.92 Å². The summed E-state index contributed by atoms with van der Waals surface area (Å²) in [6.45, 7) is 4.28. The van der Waals surface area contributed by atoms with Crippen molar-refractivity contribution in [2.75, 3.05) is 0 Å². The molecular weight excluding hydrogens is 209 g/mol. The Bertz CT molecular complexity index is 362. The molecule has 0 N–H and O–H groups in total. The van der Waals surface area contributed by atoms with Crippen LogP contribution >= 0.6 is 0 Å². The van der Waals surface area contributed by atoms with Gasteiger partial charge in [0.1, 0.15) is 26.1 Å². The highest BCUT2D eigenvalue weighted by Crippen LogP contribution is 2.53. The van der Waals surface area contributed by atoms with Crippen LogP contribution in [0, 0.1) is 57.2 Å². The van der Waals surface area contributed by atoms with Crippen LogP contribution in [0.15, 0.2) is 0 Å². The van der Waals surface area contributed by atoms with Crippen LogP contribution in [-0.2, 0) is 0 Å². The Morgan fingerprint density at radius 1 is 1.24 bits per heavy atom. The van der Waals surface area contributed by atoms with Crippen molar-refractivity contribution in [3.05, 3.63) is 0 Å². The molecule has 4 heteroatoms. The highest BCUT2D eigenvalue weighted by atomic mass is 14.5. The van der Waals surface area contributed by atoms with Crippen LogP contribution in [0.1, 0.15) is 33.1 Å². The lowest BCUT2D eigenvalue weighted by atomic mass is 9.63. The molecule has 0 aromatic heterocycles. The molecule has 1 saturated carbocycles. The minimum Gasteiger partial charge on any atom is -0.195 e. The molecule has 0 aliphatic heterocycles.